The molecule has 4 nitrogen and oxygen atoms in total. The number of hydrogen-bond acceptors (Lipinski definition) is 2. The average Bonchev–Trinajstić information content (AvgIpc) is 2.04. The number of carboxylic acid groups (broad SMARTS) is 2. The first kappa shape index (κ1) is 13.6. The molecule has 0 unspecified atom stereocenters. The van der Waals surface area contributed by atoms with Crippen LogP contribution in [0.2, 0.25) is 0 Å². The quantitative estimate of drug-likeness (QED) is 0.600. The Morgan fingerprint density at radius 3 is 1.79 bits per heavy atom. The molecule has 0 bridgehead atoms. The molecule has 0 aromatic heterocycles. The van der Waals surface area contributed by atoms with Crippen molar-refractivity contribution in [1.82, 2.24) is 0 Å². The number of hydrogen-bond donors (Lipinski definition) is 2. The minimum atomic E-state index is -2.14. The summed E-state index contributed by atoms with van der Waals surface area (Å²) in [6.07, 6.45) is 0. The minimum absolute atomic E-state index is 0. The van der Waals surface area contributed by atoms with Gasteiger partial charge in [0.25, 0.3) is 0 Å². The van der Waals surface area contributed by atoms with Crippen molar-refractivity contribution in [3.8, 4) is 0 Å². The fraction of sp³-hybridized carbons (Fsp3) is 0. The molecule has 0 spiro atoms. The molecule has 0 aliphatic carbocycles. The van der Waals surface area contributed by atoms with Gasteiger partial charge in [-0.25, -0.2) is 9.59 Å². The van der Waals surface area contributed by atoms with Crippen LogP contribution < -0.4 is 5.30 Å². The molecule has 0 aliphatic heterocycles. The van der Waals surface area contributed by atoms with Crippen molar-refractivity contribution in [2.24, 2.45) is 0 Å². The fourth-order valence-electron chi connectivity index (χ4n) is 0.880. The van der Waals surface area contributed by atoms with Crippen LogP contribution in [0.4, 0.5) is 9.59 Å². The molecular formula is C8H8NaO4P. The van der Waals surface area contributed by atoms with Crippen LogP contribution in [0, 0.1) is 0 Å². The van der Waals surface area contributed by atoms with Gasteiger partial charge in [-0.1, -0.05) is 30.3 Å². The van der Waals surface area contributed by atoms with Crippen molar-refractivity contribution in [2.75, 3.05) is 0 Å². The summed E-state index contributed by atoms with van der Waals surface area (Å²) < 4.78 is 0. The Morgan fingerprint density at radius 1 is 1.00 bits per heavy atom. The van der Waals surface area contributed by atoms with Gasteiger partial charge < -0.3 is 10.2 Å². The summed E-state index contributed by atoms with van der Waals surface area (Å²) in [4.78, 5) is 21.2. The van der Waals surface area contributed by atoms with E-state index in [-0.39, 0.29) is 29.6 Å². The van der Waals surface area contributed by atoms with Crippen molar-refractivity contribution in [3.63, 3.8) is 0 Å². The summed E-state index contributed by atoms with van der Waals surface area (Å²) in [5.41, 5.74) is -2.57. The van der Waals surface area contributed by atoms with Gasteiger partial charge in [0.2, 0.25) is 0 Å². The number of rotatable bonds is 3. The topological polar surface area (TPSA) is 74.6 Å². The van der Waals surface area contributed by atoms with E-state index in [9.17, 15) is 9.59 Å². The molecule has 0 aliphatic rings. The fourth-order valence-corrected chi connectivity index (χ4v) is 1.96. The molecule has 0 atom stereocenters. The molecule has 0 saturated carbocycles. The Morgan fingerprint density at radius 2 is 1.43 bits per heavy atom. The van der Waals surface area contributed by atoms with Gasteiger partial charge in [0, 0.05) is 0 Å². The van der Waals surface area contributed by atoms with E-state index in [0.29, 0.717) is 5.30 Å². The third-order valence-corrected chi connectivity index (χ3v) is 2.98. The molecule has 1 aromatic carbocycles. The van der Waals surface area contributed by atoms with E-state index >= 15 is 0 Å². The first-order valence-electron chi connectivity index (χ1n) is 3.44. The molecule has 14 heavy (non-hydrogen) atoms. The van der Waals surface area contributed by atoms with Gasteiger partial charge in [-0.15, -0.1) is 0 Å². The van der Waals surface area contributed by atoms with Crippen LogP contribution in [0.1, 0.15) is 0 Å². The zero-order valence-electron chi connectivity index (χ0n) is 6.54. The van der Waals surface area contributed by atoms with Gasteiger partial charge in [0.05, 0.1) is 0 Å². The summed E-state index contributed by atoms with van der Waals surface area (Å²) in [6.45, 7) is 0. The van der Waals surface area contributed by atoms with E-state index in [1.54, 1.807) is 18.2 Å². The Hall–Kier alpha value is -0.410. The zero-order valence-corrected chi connectivity index (χ0v) is 7.44. The van der Waals surface area contributed by atoms with Gasteiger partial charge >= 0.3 is 41.0 Å². The number of benzene rings is 1. The first-order chi connectivity index (χ1) is 6.13. The Balaban J connectivity index is 0.00000169. The maximum atomic E-state index is 10.6. The molecular weight excluding hydrogens is 214 g/mol. The Labute approximate surface area is 104 Å². The Bertz CT molecular complexity index is 313. The summed E-state index contributed by atoms with van der Waals surface area (Å²) >= 11 is 0. The van der Waals surface area contributed by atoms with E-state index in [4.69, 9.17) is 10.2 Å². The van der Waals surface area contributed by atoms with E-state index in [1.165, 1.54) is 12.1 Å². The maximum absolute atomic E-state index is 10.6. The molecule has 0 fully saturated rings. The van der Waals surface area contributed by atoms with E-state index < -0.39 is 19.3 Å². The van der Waals surface area contributed by atoms with Crippen LogP contribution in [-0.4, -0.2) is 51.2 Å². The van der Waals surface area contributed by atoms with Crippen LogP contribution in [0.5, 0.6) is 0 Å². The molecule has 0 heterocycles. The monoisotopic (exact) mass is 222 g/mol. The van der Waals surface area contributed by atoms with E-state index in [2.05, 4.69) is 0 Å². The van der Waals surface area contributed by atoms with Crippen LogP contribution in [0.15, 0.2) is 30.3 Å². The molecule has 6 heteroatoms. The van der Waals surface area contributed by atoms with Gasteiger partial charge in [0.15, 0.2) is 7.92 Å². The summed E-state index contributed by atoms with van der Waals surface area (Å²) in [5.74, 6) is 0. The van der Waals surface area contributed by atoms with Crippen molar-refractivity contribution in [2.45, 2.75) is 0 Å². The normalized spacial score (nSPS) is 9.21. The molecule has 2 N–H and O–H groups in total. The molecule has 0 saturated heterocycles. The molecule has 0 radical (unpaired) electrons. The average molecular weight is 222 g/mol. The third kappa shape index (κ3) is 3.39. The summed E-state index contributed by atoms with van der Waals surface area (Å²) in [6, 6.07) is 7.97. The predicted octanol–water partition coefficient (Wildman–Crippen LogP) is 1.50. The SMILES string of the molecule is O=C(O)P(C(=O)O)c1ccccc1.[NaH]. The predicted molar refractivity (Wildman–Crippen MR) is 56.2 cm³/mol. The Kier molecular flexibility index (Phi) is 5.96. The van der Waals surface area contributed by atoms with Crippen LogP contribution >= 0.6 is 7.92 Å². The standard InChI is InChI=1S/C8H7O4P.Na.H/c9-7(10)13(8(11)12)6-4-2-1-3-5-6;;/h1-5H,(H,9,10)(H,11,12);;. The van der Waals surface area contributed by atoms with Gasteiger partial charge in [-0.3, -0.25) is 0 Å². The second kappa shape index (κ2) is 6.14. The second-order valence-corrected chi connectivity index (χ2v) is 4.19. The van der Waals surface area contributed by atoms with Crippen molar-refractivity contribution in [3.05, 3.63) is 30.3 Å². The summed E-state index contributed by atoms with van der Waals surface area (Å²) in [5, 5.41) is 17.6. The summed E-state index contributed by atoms with van der Waals surface area (Å²) in [7, 11) is -2.14. The van der Waals surface area contributed by atoms with Gasteiger partial charge in [-0.05, 0) is 5.30 Å². The molecule has 1 aromatic rings. The van der Waals surface area contributed by atoms with Crippen molar-refractivity contribution in [1.29, 1.82) is 0 Å². The zero-order chi connectivity index (χ0) is 9.84. The molecule has 1 rings (SSSR count). The van der Waals surface area contributed by atoms with E-state index in [1.807, 2.05) is 0 Å². The molecule has 70 valence electrons. The van der Waals surface area contributed by atoms with Crippen molar-refractivity contribution < 1.29 is 19.8 Å². The second-order valence-electron chi connectivity index (χ2n) is 2.24. The van der Waals surface area contributed by atoms with E-state index in [0.717, 1.165) is 0 Å². The van der Waals surface area contributed by atoms with Gasteiger partial charge in [0.1, 0.15) is 0 Å². The molecule has 0 amide bonds. The first-order valence-corrected chi connectivity index (χ1v) is 4.78. The van der Waals surface area contributed by atoms with Crippen LogP contribution in [0.3, 0.4) is 0 Å². The van der Waals surface area contributed by atoms with Gasteiger partial charge in [-0.2, -0.15) is 0 Å². The van der Waals surface area contributed by atoms with Crippen LogP contribution in [0.25, 0.3) is 0 Å². The number of carbonyl (C=O) groups is 2. The third-order valence-electron chi connectivity index (χ3n) is 1.40. The van der Waals surface area contributed by atoms with Crippen molar-refractivity contribution >= 4 is 54.2 Å². The van der Waals surface area contributed by atoms with Crippen LogP contribution in [-0.2, 0) is 0 Å².